The Kier molecular flexibility index (Phi) is 5.72. The number of nitrogens with zero attached hydrogens (tertiary/aromatic N) is 2. The van der Waals surface area contributed by atoms with Crippen LogP contribution in [0.5, 0.6) is 11.5 Å². The smallest absolute Gasteiger partial charge is 0.240 e. The molecule has 0 aliphatic carbocycles. The van der Waals surface area contributed by atoms with Gasteiger partial charge in [0.25, 0.3) is 0 Å². The second-order valence-corrected chi connectivity index (χ2v) is 7.62. The largest absolute Gasteiger partial charge is 0.456 e. The van der Waals surface area contributed by atoms with Crippen molar-refractivity contribution in [3.8, 4) is 17.6 Å². The Morgan fingerprint density at radius 3 is 2.52 bits per heavy atom. The van der Waals surface area contributed by atoms with Crippen molar-refractivity contribution < 1.29 is 13.2 Å². The van der Waals surface area contributed by atoms with E-state index in [1.165, 1.54) is 24.3 Å². The Morgan fingerprint density at radius 1 is 1.07 bits per heavy atom. The minimum absolute atomic E-state index is 0.0927. The highest BCUT2D eigenvalue weighted by atomic mass is 35.5. The molecule has 0 unspecified atom stereocenters. The molecule has 1 aromatic heterocycles. The number of ether oxygens (including phenoxy) is 1. The molecule has 0 amide bonds. The molecule has 2 aromatic carbocycles. The predicted octanol–water partition coefficient (Wildman–Crippen LogP) is 3.88. The van der Waals surface area contributed by atoms with Crippen LogP contribution < -0.4 is 9.46 Å². The Bertz CT molecular complexity index is 1080. The zero-order valence-electron chi connectivity index (χ0n) is 14.0. The molecule has 0 spiro atoms. The number of hydrogen-bond donors (Lipinski definition) is 1. The lowest BCUT2D eigenvalue weighted by atomic mass is 10.2. The SMILES string of the molecule is N#Cc1c(Cl)cccc1Oc1ccc(S(=O)(=O)NCc2ccccn2)cc1. The van der Waals surface area contributed by atoms with E-state index in [1.807, 2.05) is 6.07 Å². The van der Waals surface area contributed by atoms with Crippen LogP contribution in [-0.4, -0.2) is 13.4 Å². The van der Waals surface area contributed by atoms with Crippen LogP contribution in [0.1, 0.15) is 11.3 Å². The molecular weight excluding hydrogens is 386 g/mol. The Morgan fingerprint density at radius 2 is 1.85 bits per heavy atom. The van der Waals surface area contributed by atoms with Crippen LogP contribution in [-0.2, 0) is 16.6 Å². The normalized spacial score (nSPS) is 11.0. The lowest BCUT2D eigenvalue weighted by molar-refractivity contribution is 0.480. The molecule has 0 saturated carbocycles. The van der Waals surface area contributed by atoms with Crippen LogP contribution in [0.15, 0.2) is 71.8 Å². The van der Waals surface area contributed by atoms with Crippen LogP contribution in [0.2, 0.25) is 5.02 Å². The van der Waals surface area contributed by atoms with Gasteiger partial charge < -0.3 is 4.74 Å². The molecule has 0 bridgehead atoms. The van der Waals surface area contributed by atoms with E-state index in [4.69, 9.17) is 16.3 Å². The molecule has 0 radical (unpaired) electrons. The molecule has 8 heteroatoms. The number of nitriles is 1. The molecule has 0 fully saturated rings. The molecule has 1 N–H and O–H groups in total. The summed E-state index contributed by atoms with van der Waals surface area (Å²) in [5, 5.41) is 9.46. The van der Waals surface area contributed by atoms with Crippen molar-refractivity contribution in [1.82, 2.24) is 9.71 Å². The van der Waals surface area contributed by atoms with E-state index in [1.54, 1.807) is 42.6 Å². The molecule has 1 heterocycles. The molecule has 27 heavy (non-hydrogen) atoms. The van der Waals surface area contributed by atoms with E-state index >= 15 is 0 Å². The predicted molar refractivity (Wildman–Crippen MR) is 101 cm³/mol. The fraction of sp³-hybridized carbons (Fsp3) is 0.0526. The van der Waals surface area contributed by atoms with Gasteiger partial charge in [0.15, 0.2) is 0 Å². The molecule has 0 aliphatic heterocycles. The van der Waals surface area contributed by atoms with Gasteiger partial charge in [-0.15, -0.1) is 0 Å². The number of pyridine rings is 1. The summed E-state index contributed by atoms with van der Waals surface area (Å²) in [6, 6.07) is 18.0. The van der Waals surface area contributed by atoms with Gasteiger partial charge in [0.2, 0.25) is 10.0 Å². The number of hydrogen-bond acceptors (Lipinski definition) is 5. The number of aromatic nitrogens is 1. The summed E-state index contributed by atoms with van der Waals surface area (Å²) in [5.74, 6) is 0.686. The number of benzene rings is 2. The number of rotatable bonds is 6. The summed E-state index contributed by atoms with van der Waals surface area (Å²) >= 11 is 5.97. The third-order valence-electron chi connectivity index (χ3n) is 3.62. The van der Waals surface area contributed by atoms with Gasteiger partial charge >= 0.3 is 0 Å². The van der Waals surface area contributed by atoms with E-state index < -0.39 is 10.0 Å². The molecule has 0 saturated heterocycles. The van der Waals surface area contributed by atoms with Gasteiger partial charge in [-0.2, -0.15) is 5.26 Å². The van der Waals surface area contributed by atoms with Crippen LogP contribution in [0.25, 0.3) is 0 Å². The van der Waals surface area contributed by atoms with Gasteiger partial charge in [-0.05, 0) is 48.5 Å². The first-order valence-electron chi connectivity index (χ1n) is 7.86. The highest BCUT2D eigenvalue weighted by Crippen LogP contribution is 2.30. The lowest BCUT2D eigenvalue weighted by Crippen LogP contribution is -2.23. The Balaban J connectivity index is 1.73. The van der Waals surface area contributed by atoms with Crippen molar-refractivity contribution in [2.24, 2.45) is 0 Å². The molecule has 6 nitrogen and oxygen atoms in total. The summed E-state index contributed by atoms with van der Waals surface area (Å²) in [5.41, 5.74) is 0.832. The van der Waals surface area contributed by atoms with Gasteiger partial charge in [-0.25, -0.2) is 13.1 Å². The van der Waals surface area contributed by atoms with Gasteiger partial charge in [-0.3, -0.25) is 4.98 Å². The zero-order chi connectivity index (χ0) is 19.3. The first-order chi connectivity index (χ1) is 13.0. The minimum Gasteiger partial charge on any atom is -0.456 e. The molecule has 3 aromatic rings. The average molecular weight is 400 g/mol. The standard InChI is InChI=1S/C19H14ClN3O3S/c20-18-5-3-6-19(17(18)12-21)26-15-7-9-16(10-8-15)27(24,25)23-13-14-4-1-2-11-22-14/h1-11,23H,13H2. The monoisotopic (exact) mass is 399 g/mol. The highest BCUT2D eigenvalue weighted by Gasteiger charge is 2.15. The Labute approximate surface area is 162 Å². The lowest BCUT2D eigenvalue weighted by Gasteiger charge is -2.10. The van der Waals surface area contributed by atoms with Crippen molar-refractivity contribution in [3.05, 3.63) is 83.1 Å². The maximum Gasteiger partial charge on any atom is 0.240 e. The average Bonchev–Trinajstić information content (AvgIpc) is 2.68. The van der Waals surface area contributed by atoms with Crippen LogP contribution in [0.4, 0.5) is 0 Å². The van der Waals surface area contributed by atoms with Crippen molar-refractivity contribution in [2.45, 2.75) is 11.4 Å². The highest BCUT2D eigenvalue weighted by molar-refractivity contribution is 7.89. The summed E-state index contributed by atoms with van der Waals surface area (Å²) in [7, 11) is -3.69. The van der Waals surface area contributed by atoms with E-state index in [-0.39, 0.29) is 22.0 Å². The third-order valence-corrected chi connectivity index (χ3v) is 5.35. The topological polar surface area (TPSA) is 92.1 Å². The molecule has 136 valence electrons. The fourth-order valence-electron chi connectivity index (χ4n) is 2.27. The summed E-state index contributed by atoms with van der Waals surface area (Å²) in [6.45, 7) is 0.0927. The maximum atomic E-state index is 12.4. The number of sulfonamides is 1. The van der Waals surface area contributed by atoms with Crippen molar-refractivity contribution in [3.63, 3.8) is 0 Å². The van der Waals surface area contributed by atoms with Crippen molar-refractivity contribution in [2.75, 3.05) is 0 Å². The van der Waals surface area contributed by atoms with E-state index in [0.29, 0.717) is 17.2 Å². The quantitative estimate of drug-likeness (QED) is 0.679. The second kappa shape index (κ2) is 8.18. The zero-order valence-corrected chi connectivity index (χ0v) is 15.5. The second-order valence-electron chi connectivity index (χ2n) is 5.44. The maximum absolute atomic E-state index is 12.4. The van der Waals surface area contributed by atoms with E-state index in [0.717, 1.165) is 0 Å². The minimum atomic E-state index is -3.69. The van der Waals surface area contributed by atoms with Gasteiger partial charge in [-0.1, -0.05) is 23.7 Å². The van der Waals surface area contributed by atoms with Gasteiger partial charge in [0, 0.05) is 6.20 Å². The van der Waals surface area contributed by atoms with E-state index in [9.17, 15) is 13.7 Å². The van der Waals surface area contributed by atoms with E-state index in [2.05, 4.69) is 9.71 Å². The first kappa shape index (κ1) is 18.9. The number of halogens is 1. The molecule has 0 aliphatic rings. The van der Waals surface area contributed by atoms with Crippen LogP contribution >= 0.6 is 11.6 Å². The summed E-state index contributed by atoms with van der Waals surface area (Å²) in [4.78, 5) is 4.17. The molecular formula is C19H14ClN3O3S. The number of nitrogens with one attached hydrogen (secondary N) is 1. The van der Waals surface area contributed by atoms with Crippen LogP contribution in [0.3, 0.4) is 0 Å². The molecule has 0 atom stereocenters. The van der Waals surface area contributed by atoms with Crippen molar-refractivity contribution in [1.29, 1.82) is 5.26 Å². The first-order valence-corrected chi connectivity index (χ1v) is 9.72. The molecule has 3 rings (SSSR count). The Hall–Kier alpha value is -2.92. The van der Waals surface area contributed by atoms with Gasteiger partial charge in [0.05, 0.1) is 22.2 Å². The summed E-state index contributed by atoms with van der Waals surface area (Å²) < 4.78 is 32.9. The van der Waals surface area contributed by atoms with Crippen LogP contribution in [0, 0.1) is 11.3 Å². The van der Waals surface area contributed by atoms with Gasteiger partial charge in [0.1, 0.15) is 23.1 Å². The van der Waals surface area contributed by atoms with Crippen molar-refractivity contribution >= 4 is 21.6 Å². The summed E-state index contributed by atoms with van der Waals surface area (Å²) in [6.07, 6.45) is 1.60. The third kappa shape index (κ3) is 4.63. The fourth-order valence-corrected chi connectivity index (χ4v) is 3.47.